The molecule has 0 spiro atoms. The molecular formula is C9H14F3N5O. The number of aromatic nitrogens is 2. The topological polar surface area (TPSA) is 85.1 Å². The molecule has 0 amide bonds. The Morgan fingerprint density at radius 1 is 1.39 bits per heavy atom. The van der Waals surface area contributed by atoms with Crippen LogP contribution in [0.3, 0.4) is 0 Å². The van der Waals surface area contributed by atoms with Crippen molar-refractivity contribution in [1.29, 1.82) is 0 Å². The van der Waals surface area contributed by atoms with E-state index in [0.717, 1.165) is 0 Å². The molecule has 6 nitrogen and oxygen atoms in total. The fraction of sp³-hybridized carbons (Fsp3) is 0.556. The second kappa shape index (κ2) is 6.36. The average Bonchev–Trinajstić information content (AvgIpc) is 2.26. The van der Waals surface area contributed by atoms with Crippen LogP contribution in [0.5, 0.6) is 0 Å². The predicted octanol–water partition coefficient (Wildman–Crippen LogP) is 1.06. The van der Waals surface area contributed by atoms with Crippen molar-refractivity contribution in [2.45, 2.75) is 13.1 Å². The quantitative estimate of drug-likeness (QED) is 0.405. The second-order valence-electron chi connectivity index (χ2n) is 3.46. The molecule has 18 heavy (non-hydrogen) atoms. The third kappa shape index (κ3) is 5.64. The van der Waals surface area contributed by atoms with Gasteiger partial charge >= 0.3 is 6.18 Å². The lowest BCUT2D eigenvalue weighted by molar-refractivity contribution is -0.172. The van der Waals surface area contributed by atoms with Gasteiger partial charge in [0.1, 0.15) is 12.4 Å². The summed E-state index contributed by atoms with van der Waals surface area (Å²) in [5, 5.41) is 2.81. The molecule has 0 saturated heterocycles. The summed E-state index contributed by atoms with van der Waals surface area (Å²) in [4.78, 5) is 7.92. The molecule has 1 heterocycles. The van der Waals surface area contributed by atoms with Gasteiger partial charge in [0.15, 0.2) is 0 Å². The van der Waals surface area contributed by atoms with Gasteiger partial charge in [-0.1, -0.05) is 0 Å². The number of nitrogens with zero attached hydrogens (tertiary/aromatic N) is 2. The van der Waals surface area contributed by atoms with Crippen molar-refractivity contribution < 1.29 is 17.9 Å². The number of hydrazine groups is 1. The highest BCUT2D eigenvalue weighted by Crippen LogP contribution is 2.14. The summed E-state index contributed by atoms with van der Waals surface area (Å²) in [5.41, 5.74) is 2.96. The summed E-state index contributed by atoms with van der Waals surface area (Å²) in [6.45, 7) is 0.616. The summed E-state index contributed by atoms with van der Waals surface area (Å²) in [6, 6.07) is 1.64. The SMILES string of the molecule is Cc1cc(NCCOCC(F)(F)F)nc(NN)n1. The first kappa shape index (κ1) is 14.5. The molecular weight excluding hydrogens is 251 g/mol. The maximum Gasteiger partial charge on any atom is 0.411 e. The zero-order valence-corrected chi connectivity index (χ0v) is 9.71. The summed E-state index contributed by atoms with van der Waals surface area (Å²) in [5.74, 6) is 5.85. The molecule has 1 rings (SSSR count). The van der Waals surface area contributed by atoms with Gasteiger partial charge in [0.05, 0.1) is 6.61 Å². The number of nitrogens with two attached hydrogens (primary N) is 1. The number of hydrogen-bond acceptors (Lipinski definition) is 6. The molecule has 0 radical (unpaired) electrons. The van der Waals surface area contributed by atoms with E-state index >= 15 is 0 Å². The first-order chi connectivity index (χ1) is 8.40. The molecule has 0 fully saturated rings. The Morgan fingerprint density at radius 2 is 2.11 bits per heavy atom. The molecule has 0 saturated carbocycles. The Bertz CT molecular complexity index is 385. The van der Waals surface area contributed by atoms with Crippen LogP contribution in [0.2, 0.25) is 0 Å². The molecule has 0 aliphatic heterocycles. The van der Waals surface area contributed by atoms with Crippen LogP contribution in [0, 0.1) is 6.92 Å². The van der Waals surface area contributed by atoms with Crippen molar-refractivity contribution >= 4 is 11.8 Å². The van der Waals surface area contributed by atoms with Crippen molar-refractivity contribution in [1.82, 2.24) is 9.97 Å². The third-order valence-electron chi connectivity index (χ3n) is 1.80. The van der Waals surface area contributed by atoms with Crippen LogP contribution < -0.4 is 16.6 Å². The zero-order valence-electron chi connectivity index (χ0n) is 9.71. The van der Waals surface area contributed by atoms with Crippen LogP contribution in [0.15, 0.2) is 6.07 Å². The molecule has 0 aromatic carbocycles. The minimum Gasteiger partial charge on any atom is -0.370 e. The maximum atomic E-state index is 11.8. The largest absolute Gasteiger partial charge is 0.411 e. The first-order valence-corrected chi connectivity index (χ1v) is 5.11. The number of rotatable bonds is 6. The number of nitrogens with one attached hydrogen (secondary N) is 2. The molecule has 0 unspecified atom stereocenters. The van der Waals surface area contributed by atoms with E-state index in [1.807, 2.05) is 0 Å². The van der Waals surface area contributed by atoms with Gasteiger partial charge in [-0.15, -0.1) is 0 Å². The zero-order chi connectivity index (χ0) is 13.6. The molecule has 0 bridgehead atoms. The third-order valence-corrected chi connectivity index (χ3v) is 1.80. The Morgan fingerprint density at radius 3 is 2.72 bits per heavy atom. The number of alkyl halides is 3. The van der Waals surface area contributed by atoms with E-state index in [1.54, 1.807) is 13.0 Å². The standard InChI is InChI=1S/C9H14F3N5O/c1-6-4-7(16-8(15-6)17-13)14-2-3-18-5-9(10,11)12/h4H,2-3,5,13H2,1H3,(H2,14,15,16,17). The van der Waals surface area contributed by atoms with Crippen molar-refractivity contribution in [2.75, 3.05) is 30.5 Å². The van der Waals surface area contributed by atoms with Crippen LogP contribution in [0.4, 0.5) is 24.9 Å². The van der Waals surface area contributed by atoms with Gasteiger partial charge in [-0.3, -0.25) is 5.43 Å². The van der Waals surface area contributed by atoms with E-state index < -0.39 is 12.8 Å². The van der Waals surface area contributed by atoms with Crippen molar-refractivity contribution in [2.24, 2.45) is 5.84 Å². The molecule has 102 valence electrons. The van der Waals surface area contributed by atoms with E-state index in [-0.39, 0.29) is 19.1 Å². The molecule has 1 aromatic rings. The van der Waals surface area contributed by atoms with Crippen LogP contribution in [-0.4, -0.2) is 35.9 Å². The van der Waals surface area contributed by atoms with E-state index in [9.17, 15) is 13.2 Å². The normalized spacial score (nSPS) is 11.4. The highest BCUT2D eigenvalue weighted by Gasteiger charge is 2.27. The average molecular weight is 265 g/mol. The van der Waals surface area contributed by atoms with Crippen LogP contribution in [-0.2, 0) is 4.74 Å². The molecule has 0 atom stereocenters. The summed E-state index contributed by atoms with van der Waals surface area (Å²) in [6.07, 6.45) is -4.30. The van der Waals surface area contributed by atoms with Crippen LogP contribution in [0.25, 0.3) is 0 Å². The summed E-state index contributed by atoms with van der Waals surface area (Å²) >= 11 is 0. The van der Waals surface area contributed by atoms with E-state index in [1.165, 1.54) is 0 Å². The van der Waals surface area contributed by atoms with E-state index in [4.69, 9.17) is 5.84 Å². The van der Waals surface area contributed by atoms with Crippen molar-refractivity contribution in [3.05, 3.63) is 11.8 Å². The van der Waals surface area contributed by atoms with Gasteiger partial charge in [0, 0.05) is 18.3 Å². The summed E-state index contributed by atoms with van der Waals surface area (Å²) in [7, 11) is 0. The van der Waals surface area contributed by atoms with Gasteiger partial charge in [-0.25, -0.2) is 10.8 Å². The first-order valence-electron chi connectivity index (χ1n) is 5.11. The minimum atomic E-state index is -4.30. The number of anilines is 2. The fourth-order valence-corrected chi connectivity index (χ4v) is 1.16. The van der Waals surface area contributed by atoms with E-state index in [0.29, 0.717) is 11.5 Å². The highest BCUT2D eigenvalue weighted by atomic mass is 19.4. The smallest absolute Gasteiger partial charge is 0.370 e. The monoisotopic (exact) mass is 265 g/mol. The Balaban J connectivity index is 2.33. The highest BCUT2D eigenvalue weighted by molar-refractivity contribution is 5.41. The van der Waals surface area contributed by atoms with Gasteiger partial charge in [-0.05, 0) is 6.92 Å². The molecule has 0 aliphatic rings. The minimum absolute atomic E-state index is 0.0754. The van der Waals surface area contributed by atoms with Gasteiger partial charge < -0.3 is 10.1 Å². The van der Waals surface area contributed by atoms with Crippen LogP contribution >= 0.6 is 0 Å². The molecule has 4 N–H and O–H groups in total. The molecule has 9 heteroatoms. The van der Waals surface area contributed by atoms with Crippen LogP contribution in [0.1, 0.15) is 5.69 Å². The number of aryl methyl sites for hydroxylation is 1. The van der Waals surface area contributed by atoms with Crippen molar-refractivity contribution in [3.63, 3.8) is 0 Å². The lowest BCUT2D eigenvalue weighted by atomic mass is 10.4. The van der Waals surface area contributed by atoms with Gasteiger partial charge in [-0.2, -0.15) is 18.2 Å². The number of nitrogen functional groups attached to an aromatic ring is 1. The second-order valence-corrected chi connectivity index (χ2v) is 3.46. The Hall–Kier alpha value is -1.61. The van der Waals surface area contributed by atoms with Gasteiger partial charge in [0.25, 0.3) is 0 Å². The Labute approximate surface area is 102 Å². The Kier molecular flexibility index (Phi) is 5.10. The molecule has 0 aliphatic carbocycles. The van der Waals surface area contributed by atoms with E-state index in [2.05, 4.69) is 25.4 Å². The fourth-order valence-electron chi connectivity index (χ4n) is 1.16. The number of ether oxygens (including phenoxy) is 1. The maximum absolute atomic E-state index is 11.8. The van der Waals surface area contributed by atoms with Crippen molar-refractivity contribution in [3.8, 4) is 0 Å². The summed E-state index contributed by atoms with van der Waals surface area (Å²) < 4.78 is 39.7. The predicted molar refractivity (Wildman–Crippen MR) is 59.9 cm³/mol. The number of hydrogen-bond donors (Lipinski definition) is 3. The van der Waals surface area contributed by atoms with Gasteiger partial charge in [0.2, 0.25) is 5.95 Å². The molecule has 1 aromatic heterocycles. The number of halogens is 3. The lowest BCUT2D eigenvalue weighted by Gasteiger charge is -2.09. The lowest BCUT2D eigenvalue weighted by Crippen LogP contribution is -2.20.